The zero-order chi connectivity index (χ0) is 16.1. The van der Waals surface area contributed by atoms with E-state index in [2.05, 4.69) is 0 Å². The number of halogens is 1. The molecule has 2 aliphatic heterocycles. The number of fused-ring (bicyclic) bond motifs is 1. The number of hydrogen-bond donors (Lipinski definition) is 0. The van der Waals surface area contributed by atoms with E-state index in [0.29, 0.717) is 0 Å². The largest absolute Gasteiger partial charge is 0.525 e. The second-order valence-electron chi connectivity index (χ2n) is 7.12. The molecule has 1 aromatic rings. The molecule has 0 radical (unpaired) electrons. The van der Waals surface area contributed by atoms with Crippen LogP contribution in [-0.4, -0.2) is 24.4 Å². The topological polar surface area (TPSA) is 27.7 Å². The van der Waals surface area contributed by atoms with Gasteiger partial charge in [-0.25, -0.2) is 4.39 Å². The second-order valence-corrected chi connectivity index (χ2v) is 7.12. The summed E-state index contributed by atoms with van der Waals surface area (Å²) in [6.07, 6.45) is 2.52. The van der Waals surface area contributed by atoms with Crippen LogP contribution in [0.15, 0.2) is 23.9 Å². The molecule has 2 aliphatic rings. The number of hydrogen-bond acceptors (Lipinski definition) is 3. The van der Waals surface area contributed by atoms with E-state index in [1.54, 1.807) is 0 Å². The second kappa shape index (κ2) is 5.10. The van der Waals surface area contributed by atoms with Crippen molar-refractivity contribution in [3.63, 3.8) is 0 Å². The fourth-order valence-electron chi connectivity index (χ4n) is 2.71. The Kier molecular flexibility index (Phi) is 3.61. The summed E-state index contributed by atoms with van der Waals surface area (Å²) < 4.78 is 31.6. The Morgan fingerprint density at radius 3 is 2.50 bits per heavy atom. The van der Waals surface area contributed by atoms with Gasteiger partial charge in [-0.05, 0) is 64.0 Å². The predicted molar refractivity (Wildman–Crippen MR) is 85.4 cm³/mol. The van der Waals surface area contributed by atoms with E-state index in [4.69, 9.17) is 14.0 Å². The Balaban J connectivity index is 1.80. The highest BCUT2D eigenvalue weighted by atomic mass is 19.1. The average Bonchev–Trinajstić information content (AvgIpc) is 2.85. The minimum atomic E-state index is -0.951. The number of rotatable bonds is 2. The lowest BCUT2D eigenvalue weighted by atomic mass is 9.86. The molecule has 1 aromatic carbocycles. The maximum absolute atomic E-state index is 14.5. The Hall–Kier alpha value is -1.33. The highest BCUT2D eigenvalue weighted by Gasteiger charge is 2.53. The molecule has 3 nitrogen and oxygen atoms in total. The van der Waals surface area contributed by atoms with Gasteiger partial charge in [0.05, 0.1) is 11.2 Å². The SMILES string of the molecule is CC1Cc2cc(C=C(F)B3OC(C)(C)C(C)(C)O3)ccc2O1. The molecule has 3 rings (SSSR count). The van der Waals surface area contributed by atoms with Crippen molar-refractivity contribution in [2.24, 2.45) is 0 Å². The monoisotopic (exact) mass is 304 g/mol. The highest BCUT2D eigenvalue weighted by Crippen LogP contribution is 2.39. The Morgan fingerprint density at radius 2 is 1.86 bits per heavy atom. The van der Waals surface area contributed by atoms with Crippen LogP contribution in [0.25, 0.3) is 6.08 Å². The van der Waals surface area contributed by atoms with Crippen molar-refractivity contribution in [3.8, 4) is 5.75 Å². The summed E-state index contributed by atoms with van der Waals surface area (Å²) in [6.45, 7) is 9.67. The van der Waals surface area contributed by atoms with Gasteiger partial charge in [0.1, 0.15) is 17.6 Å². The lowest BCUT2D eigenvalue weighted by Gasteiger charge is -2.32. The number of benzene rings is 1. The van der Waals surface area contributed by atoms with E-state index in [9.17, 15) is 4.39 Å². The summed E-state index contributed by atoms with van der Waals surface area (Å²) in [6, 6.07) is 5.70. The predicted octanol–water partition coefficient (Wildman–Crippen LogP) is 3.95. The van der Waals surface area contributed by atoms with Crippen molar-refractivity contribution in [1.82, 2.24) is 0 Å². The van der Waals surface area contributed by atoms with Crippen molar-refractivity contribution in [2.45, 2.75) is 58.3 Å². The first-order valence-corrected chi connectivity index (χ1v) is 7.70. The van der Waals surface area contributed by atoms with Gasteiger partial charge in [-0.1, -0.05) is 6.07 Å². The van der Waals surface area contributed by atoms with Crippen molar-refractivity contribution >= 4 is 13.2 Å². The van der Waals surface area contributed by atoms with E-state index in [-0.39, 0.29) is 6.10 Å². The maximum atomic E-state index is 14.5. The summed E-state index contributed by atoms with van der Waals surface area (Å²) >= 11 is 0. The molecule has 1 unspecified atom stereocenters. The normalized spacial score (nSPS) is 26.0. The Morgan fingerprint density at radius 1 is 1.23 bits per heavy atom. The molecular formula is C17H22BFO3. The van der Waals surface area contributed by atoms with E-state index in [0.717, 1.165) is 23.3 Å². The third kappa shape index (κ3) is 2.68. The lowest BCUT2D eigenvalue weighted by Crippen LogP contribution is -2.41. The van der Waals surface area contributed by atoms with Gasteiger partial charge in [-0.15, -0.1) is 0 Å². The standard InChI is InChI=1S/C17H22BFO3/c1-11-8-13-9-12(6-7-14(13)20-11)10-15(19)18-21-16(2,3)17(4,5)22-18/h6-7,9-11H,8H2,1-5H3. The summed E-state index contributed by atoms with van der Waals surface area (Å²) in [5.41, 5.74) is 0.422. The third-order valence-electron chi connectivity index (χ3n) is 4.70. The highest BCUT2D eigenvalue weighted by molar-refractivity contribution is 6.54. The zero-order valence-corrected chi connectivity index (χ0v) is 13.8. The molecule has 0 aromatic heterocycles. The van der Waals surface area contributed by atoms with E-state index in [1.165, 1.54) is 6.08 Å². The molecule has 0 N–H and O–H groups in total. The molecular weight excluding hydrogens is 282 g/mol. The van der Waals surface area contributed by atoms with Crippen LogP contribution in [0, 0.1) is 0 Å². The lowest BCUT2D eigenvalue weighted by molar-refractivity contribution is 0.00578. The summed E-state index contributed by atoms with van der Waals surface area (Å²) in [5.74, 6) is 0.890. The van der Waals surface area contributed by atoms with Crippen molar-refractivity contribution in [1.29, 1.82) is 0 Å². The van der Waals surface area contributed by atoms with Gasteiger partial charge in [0.25, 0.3) is 0 Å². The van der Waals surface area contributed by atoms with Crippen LogP contribution in [0.3, 0.4) is 0 Å². The van der Waals surface area contributed by atoms with E-state index >= 15 is 0 Å². The van der Waals surface area contributed by atoms with Crippen molar-refractivity contribution in [3.05, 3.63) is 35.1 Å². The van der Waals surface area contributed by atoms with Crippen molar-refractivity contribution in [2.75, 3.05) is 0 Å². The molecule has 1 fully saturated rings. The molecule has 1 atom stereocenters. The first kappa shape index (κ1) is 15.6. The first-order valence-electron chi connectivity index (χ1n) is 7.70. The van der Waals surface area contributed by atoms with E-state index < -0.39 is 24.0 Å². The van der Waals surface area contributed by atoms with Crippen LogP contribution in [0.1, 0.15) is 45.7 Å². The van der Waals surface area contributed by atoms with Crippen LogP contribution >= 0.6 is 0 Å². The molecule has 0 amide bonds. The van der Waals surface area contributed by atoms with Crippen LogP contribution < -0.4 is 4.74 Å². The average molecular weight is 304 g/mol. The quantitative estimate of drug-likeness (QED) is 0.774. The summed E-state index contributed by atoms with van der Waals surface area (Å²) in [7, 11) is -0.951. The molecule has 0 bridgehead atoms. The maximum Gasteiger partial charge on any atom is 0.525 e. The fraction of sp³-hybridized carbons (Fsp3) is 0.529. The van der Waals surface area contributed by atoms with Crippen LogP contribution in [0.5, 0.6) is 5.75 Å². The first-order chi connectivity index (χ1) is 10.2. The zero-order valence-electron chi connectivity index (χ0n) is 13.8. The molecule has 0 spiro atoms. The Bertz CT molecular complexity index is 608. The van der Waals surface area contributed by atoms with E-state index in [1.807, 2.05) is 52.8 Å². The van der Waals surface area contributed by atoms with Crippen LogP contribution in [0.2, 0.25) is 0 Å². The molecule has 118 valence electrons. The van der Waals surface area contributed by atoms with Crippen LogP contribution in [0.4, 0.5) is 4.39 Å². The van der Waals surface area contributed by atoms with Gasteiger partial charge < -0.3 is 14.0 Å². The van der Waals surface area contributed by atoms with Gasteiger partial charge in [0.2, 0.25) is 0 Å². The minimum absolute atomic E-state index is 0.183. The van der Waals surface area contributed by atoms with Gasteiger partial charge in [-0.3, -0.25) is 0 Å². The Labute approximate surface area is 131 Å². The third-order valence-corrected chi connectivity index (χ3v) is 4.70. The van der Waals surface area contributed by atoms with Gasteiger partial charge in [-0.2, -0.15) is 0 Å². The number of ether oxygens (including phenoxy) is 1. The minimum Gasteiger partial charge on any atom is -0.490 e. The summed E-state index contributed by atoms with van der Waals surface area (Å²) in [4.78, 5) is 0. The molecule has 0 saturated carbocycles. The molecule has 5 heteroatoms. The van der Waals surface area contributed by atoms with Gasteiger partial charge in [0, 0.05) is 6.42 Å². The molecule has 1 saturated heterocycles. The molecule has 0 aliphatic carbocycles. The van der Waals surface area contributed by atoms with Gasteiger partial charge >= 0.3 is 7.12 Å². The summed E-state index contributed by atoms with van der Waals surface area (Å²) in [5, 5.41) is 0. The van der Waals surface area contributed by atoms with Crippen molar-refractivity contribution < 1.29 is 18.4 Å². The fourth-order valence-corrected chi connectivity index (χ4v) is 2.71. The molecule has 2 heterocycles. The smallest absolute Gasteiger partial charge is 0.490 e. The van der Waals surface area contributed by atoms with Crippen LogP contribution in [-0.2, 0) is 15.7 Å². The molecule has 22 heavy (non-hydrogen) atoms. The van der Waals surface area contributed by atoms with Gasteiger partial charge in [0.15, 0.2) is 0 Å².